The summed E-state index contributed by atoms with van der Waals surface area (Å²) in [5.41, 5.74) is 7.80. The lowest BCUT2D eigenvalue weighted by Crippen LogP contribution is -2.20. The zero-order chi connectivity index (χ0) is 13.4. The van der Waals surface area contributed by atoms with E-state index in [2.05, 4.69) is 11.1 Å². The largest absolute Gasteiger partial charge is 0.439 e. The molecule has 94 valence electrons. The van der Waals surface area contributed by atoms with Crippen LogP contribution in [0.4, 0.5) is 0 Å². The first-order chi connectivity index (χ1) is 9.22. The molecule has 0 radical (unpaired) electrons. The van der Waals surface area contributed by atoms with E-state index in [1.807, 2.05) is 18.2 Å². The number of H-pyrrole nitrogens is 1. The van der Waals surface area contributed by atoms with Crippen LogP contribution in [0.2, 0.25) is 5.02 Å². The van der Waals surface area contributed by atoms with Crippen LogP contribution in [0.5, 0.6) is 5.75 Å². The molecule has 0 spiro atoms. The molecule has 1 unspecified atom stereocenters. The average Bonchev–Trinajstić information content (AvgIpc) is 2.85. The van der Waals surface area contributed by atoms with Gasteiger partial charge >= 0.3 is 0 Å². The third-order valence-electron chi connectivity index (χ3n) is 3.14. The molecule has 1 aliphatic heterocycles. The van der Waals surface area contributed by atoms with Gasteiger partial charge in [0.1, 0.15) is 11.6 Å². The molecular formula is C14H10ClN3O. The lowest BCUT2D eigenvalue weighted by atomic mass is 9.87. The lowest BCUT2D eigenvalue weighted by molar-refractivity contribution is 0.393. The second kappa shape index (κ2) is 4.38. The maximum absolute atomic E-state index is 9.32. The van der Waals surface area contributed by atoms with Crippen LogP contribution in [0.15, 0.2) is 48.0 Å². The normalized spacial score (nSPS) is 17.6. The molecule has 19 heavy (non-hydrogen) atoms. The minimum Gasteiger partial charge on any atom is -0.439 e. The molecule has 0 bridgehead atoms. The third-order valence-corrected chi connectivity index (χ3v) is 3.48. The number of nitrogens with one attached hydrogen (secondary N) is 1. The van der Waals surface area contributed by atoms with Gasteiger partial charge < -0.3 is 15.5 Å². The maximum Gasteiger partial charge on any atom is 0.205 e. The average molecular weight is 272 g/mol. The van der Waals surface area contributed by atoms with Crippen LogP contribution in [0.1, 0.15) is 17.2 Å². The first kappa shape index (κ1) is 11.7. The highest BCUT2D eigenvalue weighted by molar-refractivity contribution is 6.31. The summed E-state index contributed by atoms with van der Waals surface area (Å²) in [7, 11) is 0. The van der Waals surface area contributed by atoms with E-state index < -0.39 is 0 Å². The summed E-state index contributed by atoms with van der Waals surface area (Å²) in [6.45, 7) is 0. The van der Waals surface area contributed by atoms with Crippen LogP contribution in [-0.2, 0) is 0 Å². The van der Waals surface area contributed by atoms with Crippen molar-refractivity contribution in [2.75, 3.05) is 0 Å². The number of halogens is 1. The molecule has 2 heterocycles. The third kappa shape index (κ3) is 1.76. The number of hydrogen-bond acceptors (Lipinski definition) is 3. The van der Waals surface area contributed by atoms with E-state index in [0.717, 1.165) is 11.3 Å². The molecule has 0 saturated heterocycles. The van der Waals surface area contributed by atoms with Gasteiger partial charge in [0.05, 0.1) is 11.6 Å². The molecular weight excluding hydrogens is 262 g/mol. The van der Waals surface area contributed by atoms with Crippen LogP contribution in [0, 0.1) is 11.3 Å². The highest BCUT2D eigenvalue weighted by Crippen LogP contribution is 2.42. The molecule has 1 aromatic heterocycles. The number of allylic oxidation sites excluding steroid dienone is 1. The molecule has 0 aliphatic carbocycles. The number of ether oxygens (including phenoxy) is 1. The first-order valence-electron chi connectivity index (χ1n) is 5.71. The Morgan fingerprint density at radius 2 is 2.11 bits per heavy atom. The van der Waals surface area contributed by atoms with Gasteiger partial charge in [0.15, 0.2) is 5.75 Å². The summed E-state index contributed by atoms with van der Waals surface area (Å²) in [5.74, 6) is 0.429. The van der Waals surface area contributed by atoms with E-state index >= 15 is 0 Å². The van der Waals surface area contributed by atoms with E-state index in [1.165, 1.54) is 0 Å². The number of fused-ring (bicyclic) bond motifs is 1. The van der Waals surface area contributed by atoms with Crippen molar-refractivity contribution in [2.24, 2.45) is 5.73 Å². The number of nitrogens with zero attached hydrogens (tertiary/aromatic N) is 1. The molecule has 5 heteroatoms. The summed E-state index contributed by atoms with van der Waals surface area (Å²) in [5, 5.41) is 9.92. The number of rotatable bonds is 1. The van der Waals surface area contributed by atoms with Crippen molar-refractivity contribution < 1.29 is 4.74 Å². The standard InChI is InChI=1S/C14H10ClN3O/c15-10-4-2-1-3-8(10)12-9(7-16)14(17)19-11-5-6-18-13(11)12/h1-6,12,18H,17H2. The van der Waals surface area contributed by atoms with Crippen LogP contribution in [-0.4, -0.2) is 4.98 Å². The first-order valence-corrected chi connectivity index (χ1v) is 6.09. The number of hydrogen-bond donors (Lipinski definition) is 2. The van der Waals surface area contributed by atoms with Crippen molar-refractivity contribution in [3.8, 4) is 11.8 Å². The predicted octanol–water partition coefficient (Wildman–Crippen LogP) is 2.89. The molecule has 1 atom stereocenters. The second-order valence-electron chi connectivity index (χ2n) is 4.20. The van der Waals surface area contributed by atoms with Gasteiger partial charge in [0.2, 0.25) is 5.88 Å². The van der Waals surface area contributed by atoms with Gasteiger partial charge in [0.25, 0.3) is 0 Å². The Balaban J connectivity index is 2.24. The summed E-state index contributed by atoms with van der Waals surface area (Å²) in [4.78, 5) is 3.09. The monoisotopic (exact) mass is 271 g/mol. The number of aromatic nitrogens is 1. The highest BCUT2D eigenvalue weighted by Gasteiger charge is 2.32. The number of benzene rings is 1. The number of aromatic amines is 1. The Bertz CT molecular complexity index is 711. The Morgan fingerprint density at radius 1 is 1.32 bits per heavy atom. The molecule has 1 aliphatic rings. The SMILES string of the molecule is N#CC1=C(N)Oc2cc[nH]c2C1c1ccccc1Cl. The molecule has 0 saturated carbocycles. The van der Waals surface area contributed by atoms with Crippen molar-refractivity contribution in [3.63, 3.8) is 0 Å². The summed E-state index contributed by atoms with van der Waals surface area (Å²) >= 11 is 6.23. The Morgan fingerprint density at radius 3 is 2.84 bits per heavy atom. The van der Waals surface area contributed by atoms with E-state index in [1.54, 1.807) is 18.3 Å². The lowest BCUT2D eigenvalue weighted by Gasteiger charge is -2.24. The minimum absolute atomic E-state index is 0.125. The van der Waals surface area contributed by atoms with Gasteiger partial charge in [0, 0.05) is 11.2 Å². The zero-order valence-corrected chi connectivity index (χ0v) is 10.6. The minimum atomic E-state index is -0.322. The molecule has 4 nitrogen and oxygen atoms in total. The fraction of sp³-hybridized carbons (Fsp3) is 0.0714. The van der Waals surface area contributed by atoms with Crippen molar-refractivity contribution >= 4 is 11.6 Å². The van der Waals surface area contributed by atoms with Gasteiger partial charge in [-0.05, 0) is 17.7 Å². The van der Waals surface area contributed by atoms with Crippen molar-refractivity contribution in [3.05, 3.63) is 64.3 Å². The molecule has 0 amide bonds. The van der Waals surface area contributed by atoms with Crippen molar-refractivity contribution in [1.82, 2.24) is 4.98 Å². The van der Waals surface area contributed by atoms with Crippen molar-refractivity contribution in [1.29, 1.82) is 5.26 Å². The number of nitriles is 1. The van der Waals surface area contributed by atoms with Crippen LogP contribution in [0.25, 0.3) is 0 Å². The number of nitrogens with two attached hydrogens (primary N) is 1. The summed E-state index contributed by atoms with van der Waals surface area (Å²) in [6, 6.07) is 11.3. The fourth-order valence-corrected chi connectivity index (χ4v) is 2.53. The van der Waals surface area contributed by atoms with Gasteiger partial charge in [-0.25, -0.2) is 0 Å². The van der Waals surface area contributed by atoms with Crippen LogP contribution < -0.4 is 10.5 Å². The summed E-state index contributed by atoms with van der Waals surface area (Å²) < 4.78 is 5.43. The molecule has 2 aromatic rings. The van der Waals surface area contributed by atoms with Crippen molar-refractivity contribution in [2.45, 2.75) is 5.92 Å². The van der Waals surface area contributed by atoms with Gasteiger partial charge in [-0.1, -0.05) is 29.8 Å². The molecule has 3 N–H and O–H groups in total. The van der Waals surface area contributed by atoms with Crippen LogP contribution in [0.3, 0.4) is 0 Å². The maximum atomic E-state index is 9.32. The van der Waals surface area contributed by atoms with E-state index in [9.17, 15) is 5.26 Å². The topological polar surface area (TPSA) is 74.8 Å². The molecule has 1 aromatic carbocycles. The Kier molecular flexibility index (Phi) is 2.69. The Hall–Kier alpha value is -2.38. The smallest absolute Gasteiger partial charge is 0.205 e. The van der Waals surface area contributed by atoms with E-state index in [0.29, 0.717) is 16.3 Å². The van der Waals surface area contributed by atoms with Gasteiger partial charge in [-0.15, -0.1) is 0 Å². The van der Waals surface area contributed by atoms with Gasteiger partial charge in [-0.3, -0.25) is 0 Å². The highest BCUT2D eigenvalue weighted by atomic mass is 35.5. The van der Waals surface area contributed by atoms with Crippen LogP contribution >= 0.6 is 11.6 Å². The summed E-state index contributed by atoms with van der Waals surface area (Å²) in [6.07, 6.45) is 1.75. The predicted molar refractivity (Wildman–Crippen MR) is 71.5 cm³/mol. The quantitative estimate of drug-likeness (QED) is 0.837. The van der Waals surface area contributed by atoms with E-state index in [-0.39, 0.29) is 11.8 Å². The van der Waals surface area contributed by atoms with E-state index in [4.69, 9.17) is 22.1 Å². The molecule has 0 fully saturated rings. The second-order valence-corrected chi connectivity index (χ2v) is 4.61. The van der Waals surface area contributed by atoms with Gasteiger partial charge in [-0.2, -0.15) is 5.26 Å². The molecule has 3 rings (SSSR count). The zero-order valence-electron chi connectivity index (χ0n) is 9.85. The fourth-order valence-electron chi connectivity index (χ4n) is 2.28. The Labute approximate surface area is 115 Å².